The standard InChI is InChI=1S/C20H27N3O2.HI/c1-4-21-20(22-13-17-9-6-5-8-15(17)2)23-14-19(24)16-10-7-11-18(12-16)25-3;/h5-12,19,24H,4,13-14H2,1-3H3,(H2,21,22,23);1H. The Kier molecular flexibility index (Phi) is 10.0. The average molecular weight is 469 g/mol. The van der Waals surface area contributed by atoms with Gasteiger partial charge in [0, 0.05) is 13.1 Å². The molecule has 0 aliphatic rings. The number of nitrogens with zero attached hydrogens (tertiary/aromatic N) is 1. The summed E-state index contributed by atoms with van der Waals surface area (Å²) < 4.78 is 5.20. The van der Waals surface area contributed by atoms with Gasteiger partial charge in [0.05, 0.1) is 19.8 Å². The number of aliphatic imine (C=N–C) groups is 1. The summed E-state index contributed by atoms with van der Waals surface area (Å²) in [6.07, 6.45) is -0.641. The lowest BCUT2D eigenvalue weighted by molar-refractivity contribution is 0.180. The minimum atomic E-state index is -0.641. The minimum Gasteiger partial charge on any atom is -0.497 e. The van der Waals surface area contributed by atoms with Crippen molar-refractivity contribution in [2.24, 2.45) is 4.99 Å². The Bertz CT molecular complexity index is 707. The van der Waals surface area contributed by atoms with Crippen LogP contribution in [-0.4, -0.2) is 31.3 Å². The number of hydrogen-bond acceptors (Lipinski definition) is 3. The van der Waals surface area contributed by atoms with E-state index in [9.17, 15) is 5.11 Å². The van der Waals surface area contributed by atoms with Gasteiger partial charge in [-0.15, -0.1) is 24.0 Å². The maximum absolute atomic E-state index is 10.4. The first-order chi connectivity index (χ1) is 12.1. The van der Waals surface area contributed by atoms with Gasteiger partial charge in [-0.2, -0.15) is 0 Å². The first kappa shape index (κ1) is 22.2. The summed E-state index contributed by atoms with van der Waals surface area (Å²) in [5, 5.41) is 16.8. The van der Waals surface area contributed by atoms with Crippen molar-refractivity contribution in [3.8, 4) is 5.75 Å². The SMILES string of the molecule is CCNC(=NCc1ccccc1C)NCC(O)c1cccc(OC)c1.I. The quantitative estimate of drug-likeness (QED) is 0.331. The molecule has 6 heteroatoms. The van der Waals surface area contributed by atoms with Gasteiger partial charge < -0.3 is 20.5 Å². The molecule has 0 saturated heterocycles. The number of ether oxygens (including phenoxy) is 1. The van der Waals surface area contributed by atoms with Crippen LogP contribution in [0.25, 0.3) is 0 Å². The van der Waals surface area contributed by atoms with Gasteiger partial charge in [0.25, 0.3) is 0 Å². The van der Waals surface area contributed by atoms with E-state index in [1.807, 2.05) is 43.3 Å². The second-order valence-electron chi connectivity index (χ2n) is 5.79. The van der Waals surface area contributed by atoms with Crippen LogP contribution < -0.4 is 15.4 Å². The number of halogens is 1. The molecule has 3 N–H and O–H groups in total. The third kappa shape index (κ3) is 6.84. The van der Waals surface area contributed by atoms with Crippen molar-refractivity contribution in [2.45, 2.75) is 26.5 Å². The molecule has 1 unspecified atom stereocenters. The molecule has 26 heavy (non-hydrogen) atoms. The van der Waals surface area contributed by atoms with E-state index in [0.29, 0.717) is 19.0 Å². The number of aliphatic hydroxyl groups is 1. The van der Waals surface area contributed by atoms with Crippen LogP contribution in [-0.2, 0) is 6.54 Å². The van der Waals surface area contributed by atoms with Crippen molar-refractivity contribution in [1.82, 2.24) is 10.6 Å². The van der Waals surface area contributed by atoms with E-state index in [2.05, 4.69) is 34.7 Å². The Balaban J connectivity index is 0.00000338. The normalized spacial score (nSPS) is 12.1. The zero-order chi connectivity index (χ0) is 18.1. The molecule has 0 aliphatic heterocycles. The summed E-state index contributed by atoms with van der Waals surface area (Å²) in [5.74, 6) is 1.42. The molecule has 142 valence electrons. The molecule has 0 bridgehead atoms. The van der Waals surface area contributed by atoms with Crippen molar-refractivity contribution >= 4 is 29.9 Å². The number of hydrogen-bond donors (Lipinski definition) is 3. The molecule has 0 aromatic heterocycles. The van der Waals surface area contributed by atoms with Crippen LogP contribution in [0.4, 0.5) is 0 Å². The second-order valence-corrected chi connectivity index (χ2v) is 5.79. The zero-order valence-corrected chi connectivity index (χ0v) is 17.9. The predicted molar refractivity (Wildman–Crippen MR) is 117 cm³/mol. The molecule has 1 atom stereocenters. The molecule has 2 rings (SSSR count). The number of nitrogens with one attached hydrogen (secondary N) is 2. The van der Waals surface area contributed by atoms with Gasteiger partial charge in [-0.3, -0.25) is 0 Å². The topological polar surface area (TPSA) is 65.9 Å². The third-order valence-electron chi connectivity index (χ3n) is 3.95. The molecule has 2 aromatic rings. The van der Waals surface area contributed by atoms with Gasteiger partial charge in [-0.05, 0) is 42.7 Å². The summed E-state index contributed by atoms with van der Waals surface area (Å²) in [4.78, 5) is 4.60. The Morgan fingerprint density at radius 2 is 1.92 bits per heavy atom. The summed E-state index contributed by atoms with van der Waals surface area (Å²) >= 11 is 0. The molecular weight excluding hydrogens is 441 g/mol. The van der Waals surface area contributed by atoms with Gasteiger partial charge in [-0.25, -0.2) is 4.99 Å². The fraction of sp³-hybridized carbons (Fsp3) is 0.350. The smallest absolute Gasteiger partial charge is 0.191 e. The molecule has 0 heterocycles. The number of aliphatic hydroxyl groups excluding tert-OH is 1. The van der Waals surface area contributed by atoms with Crippen molar-refractivity contribution < 1.29 is 9.84 Å². The largest absolute Gasteiger partial charge is 0.497 e. The van der Waals surface area contributed by atoms with Crippen molar-refractivity contribution in [3.05, 3.63) is 65.2 Å². The van der Waals surface area contributed by atoms with E-state index in [4.69, 9.17) is 4.74 Å². The molecule has 0 spiro atoms. The van der Waals surface area contributed by atoms with Crippen LogP contribution in [0.15, 0.2) is 53.5 Å². The number of guanidine groups is 1. The third-order valence-corrected chi connectivity index (χ3v) is 3.95. The molecule has 0 saturated carbocycles. The Hall–Kier alpha value is -1.80. The maximum Gasteiger partial charge on any atom is 0.191 e. The molecule has 2 aromatic carbocycles. The molecule has 0 fully saturated rings. The summed E-state index contributed by atoms with van der Waals surface area (Å²) in [6.45, 7) is 5.82. The zero-order valence-electron chi connectivity index (χ0n) is 15.5. The van der Waals surface area contributed by atoms with Crippen molar-refractivity contribution in [1.29, 1.82) is 0 Å². The van der Waals surface area contributed by atoms with Crippen LogP contribution in [0.3, 0.4) is 0 Å². The molecule has 0 aliphatic carbocycles. The first-order valence-corrected chi connectivity index (χ1v) is 8.52. The molecule has 0 radical (unpaired) electrons. The van der Waals surface area contributed by atoms with E-state index in [1.165, 1.54) is 11.1 Å². The van der Waals surface area contributed by atoms with Crippen LogP contribution >= 0.6 is 24.0 Å². The lowest BCUT2D eigenvalue weighted by atomic mass is 10.1. The fourth-order valence-corrected chi connectivity index (χ4v) is 2.45. The summed E-state index contributed by atoms with van der Waals surface area (Å²) in [6, 6.07) is 15.6. The monoisotopic (exact) mass is 469 g/mol. The fourth-order valence-electron chi connectivity index (χ4n) is 2.45. The molecular formula is C20H28IN3O2. The van der Waals surface area contributed by atoms with Crippen LogP contribution in [0.2, 0.25) is 0 Å². The highest BCUT2D eigenvalue weighted by Crippen LogP contribution is 2.18. The Morgan fingerprint density at radius 1 is 1.15 bits per heavy atom. The van der Waals surface area contributed by atoms with E-state index >= 15 is 0 Å². The summed E-state index contributed by atoms with van der Waals surface area (Å²) in [7, 11) is 1.62. The Labute approximate surface area is 172 Å². The highest BCUT2D eigenvalue weighted by Gasteiger charge is 2.09. The van der Waals surface area contributed by atoms with Gasteiger partial charge in [0.15, 0.2) is 5.96 Å². The second kappa shape index (κ2) is 11.7. The minimum absolute atomic E-state index is 0. The van der Waals surface area contributed by atoms with Gasteiger partial charge in [0.2, 0.25) is 0 Å². The van der Waals surface area contributed by atoms with Crippen LogP contribution in [0.5, 0.6) is 5.75 Å². The van der Waals surface area contributed by atoms with E-state index in [-0.39, 0.29) is 24.0 Å². The number of rotatable bonds is 7. The number of methoxy groups -OCH3 is 1. The van der Waals surface area contributed by atoms with E-state index in [0.717, 1.165) is 17.9 Å². The average Bonchev–Trinajstić information content (AvgIpc) is 2.65. The highest BCUT2D eigenvalue weighted by molar-refractivity contribution is 14.0. The van der Waals surface area contributed by atoms with Crippen LogP contribution in [0.1, 0.15) is 29.7 Å². The molecule has 5 nitrogen and oxygen atoms in total. The van der Waals surface area contributed by atoms with Crippen molar-refractivity contribution in [2.75, 3.05) is 20.2 Å². The van der Waals surface area contributed by atoms with E-state index in [1.54, 1.807) is 7.11 Å². The number of benzene rings is 2. The Morgan fingerprint density at radius 3 is 2.62 bits per heavy atom. The lowest BCUT2D eigenvalue weighted by Gasteiger charge is -2.16. The predicted octanol–water partition coefficient (Wildman–Crippen LogP) is 3.41. The molecule has 0 amide bonds. The van der Waals surface area contributed by atoms with Gasteiger partial charge >= 0.3 is 0 Å². The summed E-state index contributed by atoms with van der Waals surface area (Å²) in [5.41, 5.74) is 3.22. The number of aryl methyl sites for hydroxylation is 1. The van der Waals surface area contributed by atoms with Crippen molar-refractivity contribution in [3.63, 3.8) is 0 Å². The van der Waals surface area contributed by atoms with Crippen LogP contribution in [0, 0.1) is 6.92 Å². The van der Waals surface area contributed by atoms with Gasteiger partial charge in [-0.1, -0.05) is 36.4 Å². The highest BCUT2D eigenvalue weighted by atomic mass is 127. The van der Waals surface area contributed by atoms with E-state index < -0.39 is 6.10 Å². The first-order valence-electron chi connectivity index (χ1n) is 8.52. The van der Waals surface area contributed by atoms with Gasteiger partial charge in [0.1, 0.15) is 5.75 Å². The maximum atomic E-state index is 10.4. The lowest BCUT2D eigenvalue weighted by Crippen LogP contribution is -2.39.